The van der Waals surface area contributed by atoms with Gasteiger partial charge in [-0.05, 0) is 29.1 Å². The Kier molecular flexibility index (Phi) is 4.20. The monoisotopic (exact) mass is 326 g/mol. The molecule has 0 unspecified atom stereocenters. The van der Waals surface area contributed by atoms with Gasteiger partial charge in [0.2, 0.25) is 5.82 Å². The second-order valence-corrected chi connectivity index (χ2v) is 5.89. The van der Waals surface area contributed by atoms with Crippen molar-refractivity contribution in [2.75, 3.05) is 5.73 Å². The number of nitrogen functional groups attached to an aromatic ring is 1. The van der Waals surface area contributed by atoms with E-state index in [-0.39, 0.29) is 17.4 Å². The number of ketones is 1. The number of aromatic nitrogens is 3. The molecule has 3 aromatic rings. The quantitative estimate of drug-likeness (QED) is 0.289. The van der Waals surface area contributed by atoms with Gasteiger partial charge in [0.1, 0.15) is 6.33 Å². The summed E-state index contributed by atoms with van der Waals surface area (Å²) in [6.45, 7) is 0. The maximum atomic E-state index is 12.4. The van der Waals surface area contributed by atoms with Crippen molar-refractivity contribution < 1.29 is 9.90 Å². The van der Waals surface area contributed by atoms with Crippen LogP contribution in [0, 0.1) is 0 Å². The smallest absolute Gasteiger partial charge is 0.215 e. The number of thiophene rings is 1. The van der Waals surface area contributed by atoms with E-state index >= 15 is 0 Å². The van der Waals surface area contributed by atoms with E-state index in [0.717, 1.165) is 16.5 Å². The molecule has 0 bridgehead atoms. The Bertz CT molecular complexity index is 835. The summed E-state index contributed by atoms with van der Waals surface area (Å²) in [7, 11) is 0. The largest absolute Gasteiger partial charge is 0.504 e. The van der Waals surface area contributed by atoms with Crippen molar-refractivity contribution in [2.24, 2.45) is 0 Å². The van der Waals surface area contributed by atoms with Gasteiger partial charge >= 0.3 is 0 Å². The zero-order valence-electron chi connectivity index (χ0n) is 12.1. The van der Waals surface area contributed by atoms with Gasteiger partial charge in [-0.1, -0.05) is 12.1 Å². The third kappa shape index (κ3) is 3.46. The standard InChI is InChI=1S/C16H14N4O2S/c17-11-3-1-10(2-4-11)7-15-12(5-6-23-15)13(21)8-14(22)16-18-9-19-20-16/h1-6,8-9,22H,7,17H2,(H,18,19,20). The maximum Gasteiger partial charge on any atom is 0.215 e. The highest BCUT2D eigenvalue weighted by molar-refractivity contribution is 7.10. The minimum atomic E-state index is -0.279. The van der Waals surface area contributed by atoms with E-state index in [4.69, 9.17) is 5.73 Å². The van der Waals surface area contributed by atoms with Gasteiger partial charge < -0.3 is 10.8 Å². The molecule has 0 fully saturated rings. The van der Waals surface area contributed by atoms with Crippen molar-refractivity contribution in [1.82, 2.24) is 15.2 Å². The van der Waals surface area contributed by atoms with Crippen molar-refractivity contribution in [2.45, 2.75) is 6.42 Å². The fourth-order valence-electron chi connectivity index (χ4n) is 2.12. The number of aromatic amines is 1. The molecule has 6 nitrogen and oxygen atoms in total. The molecule has 7 heteroatoms. The third-order valence-corrected chi connectivity index (χ3v) is 4.19. The number of H-pyrrole nitrogens is 1. The van der Waals surface area contributed by atoms with E-state index in [1.54, 1.807) is 6.07 Å². The Morgan fingerprint density at radius 3 is 2.78 bits per heavy atom. The van der Waals surface area contributed by atoms with Crippen molar-refractivity contribution in [3.8, 4) is 0 Å². The number of hydrogen-bond donors (Lipinski definition) is 3. The van der Waals surface area contributed by atoms with Gasteiger partial charge in [-0.15, -0.1) is 11.3 Å². The summed E-state index contributed by atoms with van der Waals surface area (Å²) in [4.78, 5) is 17.1. The molecule has 0 amide bonds. The van der Waals surface area contributed by atoms with E-state index in [1.807, 2.05) is 29.6 Å². The van der Waals surface area contributed by atoms with Crippen LogP contribution in [0.25, 0.3) is 5.76 Å². The van der Waals surface area contributed by atoms with Gasteiger partial charge in [-0.25, -0.2) is 4.98 Å². The van der Waals surface area contributed by atoms with Crippen LogP contribution in [0.1, 0.15) is 26.6 Å². The van der Waals surface area contributed by atoms with Gasteiger partial charge in [0.05, 0.1) is 0 Å². The first kappa shape index (κ1) is 15.0. The van der Waals surface area contributed by atoms with Crippen LogP contribution < -0.4 is 5.73 Å². The highest BCUT2D eigenvalue weighted by atomic mass is 32.1. The number of hydrogen-bond acceptors (Lipinski definition) is 6. The highest BCUT2D eigenvalue weighted by Gasteiger charge is 2.14. The molecule has 0 aliphatic rings. The summed E-state index contributed by atoms with van der Waals surface area (Å²) >= 11 is 1.50. The predicted octanol–water partition coefficient (Wildman–Crippen LogP) is 2.82. The zero-order chi connectivity index (χ0) is 16.2. The fraction of sp³-hybridized carbons (Fsp3) is 0.0625. The number of anilines is 1. The second-order valence-electron chi connectivity index (χ2n) is 4.89. The van der Waals surface area contributed by atoms with Crippen LogP contribution >= 0.6 is 11.3 Å². The first-order chi connectivity index (χ1) is 11.1. The lowest BCUT2D eigenvalue weighted by molar-refractivity contribution is 0.104. The van der Waals surface area contributed by atoms with Gasteiger partial charge in [0, 0.05) is 28.6 Å². The number of carbonyl (C=O) groups excluding carboxylic acids is 1. The number of aliphatic hydroxyl groups excluding tert-OH is 1. The molecule has 0 radical (unpaired) electrons. The number of nitrogens with zero attached hydrogens (tertiary/aromatic N) is 2. The molecular weight excluding hydrogens is 312 g/mol. The van der Waals surface area contributed by atoms with Crippen molar-refractivity contribution in [1.29, 1.82) is 0 Å². The number of rotatable bonds is 5. The number of nitrogens with one attached hydrogen (secondary N) is 1. The van der Waals surface area contributed by atoms with Crippen LogP contribution in [0.5, 0.6) is 0 Å². The van der Waals surface area contributed by atoms with Crippen LogP contribution in [-0.4, -0.2) is 26.1 Å². The molecular formula is C16H14N4O2S. The fourth-order valence-corrected chi connectivity index (χ4v) is 3.03. The Morgan fingerprint density at radius 1 is 1.30 bits per heavy atom. The minimum absolute atomic E-state index is 0.0914. The number of benzene rings is 1. The zero-order valence-corrected chi connectivity index (χ0v) is 12.9. The normalized spacial score (nSPS) is 11.6. The van der Waals surface area contributed by atoms with E-state index in [0.29, 0.717) is 17.7 Å². The minimum Gasteiger partial charge on any atom is -0.504 e. The molecule has 2 aromatic heterocycles. The molecule has 2 heterocycles. The molecule has 1 aromatic carbocycles. The molecule has 0 aliphatic heterocycles. The van der Waals surface area contributed by atoms with Gasteiger partial charge in [0.15, 0.2) is 11.5 Å². The molecule has 3 rings (SSSR count). The molecule has 0 saturated carbocycles. The van der Waals surface area contributed by atoms with Crippen LogP contribution in [0.4, 0.5) is 5.69 Å². The SMILES string of the molecule is Nc1ccc(Cc2sccc2C(=O)C=C(O)c2nc[nH]n2)cc1. The molecule has 0 spiro atoms. The number of aliphatic hydroxyl groups is 1. The van der Waals surface area contributed by atoms with Crippen molar-refractivity contribution in [3.05, 3.63) is 69.9 Å². The summed E-state index contributed by atoms with van der Waals surface area (Å²) in [6.07, 6.45) is 3.10. The molecule has 0 atom stereocenters. The number of carbonyl (C=O) groups is 1. The number of nitrogens with two attached hydrogens (primary N) is 1. The molecule has 0 saturated heterocycles. The lowest BCUT2D eigenvalue weighted by Crippen LogP contribution is -2.00. The van der Waals surface area contributed by atoms with Gasteiger partial charge in [-0.2, -0.15) is 5.10 Å². The third-order valence-electron chi connectivity index (χ3n) is 3.27. The highest BCUT2D eigenvalue weighted by Crippen LogP contribution is 2.23. The molecule has 23 heavy (non-hydrogen) atoms. The van der Waals surface area contributed by atoms with E-state index in [1.165, 1.54) is 17.7 Å². The maximum absolute atomic E-state index is 12.4. The molecule has 0 aliphatic carbocycles. The van der Waals surface area contributed by atoms with E-state index in [2.05, 4.69) is 15.2 Å². The lowest BCUT2D eigenvalue weighted by Gasteiger charge is -2.03. The predicted molar refractivity (Wildman–Crippen MR) is 89.3 cm³/mol. The van der Waals surface area contributed by atoms with Gasteiger partial charge in [-0.3, -0.25) is 9.89 Å². The molecule has 116 valence electrons. The second kappa shape index (κ2) is 6.45. The first-order valence-electron chi connectivity index (χ1n) is 6.85. The van der Waals surface area contributed by atoms with Crippen LogP contribution in [-0.2, 0) is 6.42 Å². The van der Waals surface area contributed by atoms with Crippen molar-refractivity contribution >= 4 is 28.6 Å². The van der Waals surface area contributed by atoms with Gasteiger partial charge in [0.25, 0.3) is 0 Å². The van der Waals surface area contributed by atoms with E-state index < -0.39 is 0 Å². The summed E-state index contributed by atoms with van der Waals surface area (Å²) in [5.41, 5.74) is 8.01. The lowest BCUT2D eigenvalue weighted by atomic mass is 10.1. The van der Waals surface area contributed by atoms with Crippen LogP contribution in [0.3, 0.4) is 0 Å². The number of allylic oxidation sites excluding steroid dienone is 1. The summed E-state index contributed by atoms with van der Waals surface area (Å²) in [5.74, 6) is -0.450. The average molecular weight is 326 g/mol. The van der Waals surface area contributed by atoms with Crippen LogP contribution in [0.15, 0.2) is 48.1 Å². The first-order valence-corrected chi connectivity index (χ1v) is 7.73. The Morgan fingerprint density at radius 2 is 2.09 bits per heavy atom. The van der Waals surface area contributed by atoms with Crippen LogP contribution in [0.2, 0.25) is 0 Å². The van der Waals surface area contributed by atoms with E-state index in [9.17, 15) is 9.90 Å². The Balaban J connectivity index is 1.81. The van der Waals surface area contributed by atoms with Crippen molar-refractivity contribution in [3.63, 3.8) is 0 Å². The summed E-state index contributed by atoms with van der Waals surface area (Å²) < 4.78 is 0. The summed E-state index contributed by atoms with van der Waals surface area (Å²) in [5, 5.41) is 18.0. The Labute approximate surface area is 136 Å². The summed E-state index contributed by atoms with van der Waals surface area (Å²) in [6, 6.07) is 9.29. The average Bonchev–Trinajstić information content (AvgIpc) is 3.20. The molecule has 4 N–H and O–H groups in total. The Hall–Kier alpha value is -2.93. The topological polar surface area (TPSA) is 105 Å².